The standard InChI is InChI=1S/C30H52O/c1-8-22(19(2)3)17-20(4)21(5)26-11-12-27-25-10-9-23-18-24(31)13-15-29(23,6)28(25)14-16-30(26,27)7/h9,19-22,24-28,31H,8,10-18H2,1-7H3/t20?,21-,22?,24-,25-,26-,27+,28+,29-,30+/m0/s1. The quantitative estimate of drug-likeness (QED) is 0.422. The molecule has 0 spiro atoms. The number of allylic oxidation sites excluding steroid dienone is 1. The van der Waals surface area contributed by atoms with E-state index in [1.807, 2.05) is 0 Å². The van der Waals surface area contributed by atoms with Gasteiger partial charge >= 0.3 is 0 Å². The van der Waals surface area contributed by atoms with Crippen LogP contribution in [0.2, 0.25) is 0 Å². The first-order chi connectivity index (χ1) is 14.6. The first kappa shape index (κ1) is 23.8. The summed E-state index contributed by atoms with van der Waals surface area (Å²) in [6, 6.07) is 0. The molecule has 3 saturated carbocycles. The minimum Gasteiger partial charge on any atom is -0.393 e. The molecule has 0 heterocycles. The Morgan fingerprint density at radius 3 is 2.42 bits per heavy atom. The van der Waals surface area contributed by atoms with Crippen molar-refractivity contribution >= 4 is 0 Å². The van der Waals surface area contributed by atoms with Gasteiger partial charge in [0.05, 0.1) is 6.10 Å². The van der Waals surface area contributed by atoms with E-state index in [0.29, 0.717) is 10.8 Å². The summed E-state index contributed by atoms with van der Waals surface area (Å²) in [4.78, 5) is 0. The van der Waals surface area contributed by atoms with Crippen molar-refractivity contribution in [2.75, 3.05) is 0 Å². The van der Waals surface area contributed by atoms with Gasteiger partial charge in [0.2, 0.25) is 0 Å². The molecule has 31 heavy (non-hydrogen) atoms. The van der Waals surface area contributed by atoms with E-state index in [1.165, 1.54) is 51.4 Å². The summed E-state index contributed by atoms with van der Waals surface area (Å²) in [6.07, 6.45) is 15.6. The Balaban J connectivity index is 1.50. The summed E-state index contributed by atoms with van der Waals surface area (Å²) in [5, 5.41) is 10.3. The van der Waals surface area contributed by atoms with Gasteiger partial charge in [-0.15, -0.1) is 0 Å². The maximum atomic E-state index is 10.3. The SMILES string of the molecule is CCC(CC(C)[C@H](C)[C@@H]1CC[C@@H]2[C@@H]3CC=C4C[C@@H](O)CC[C@]4(C)[C@@H]3CC[C@@]21C)C(C)C. The van der Waals surface area contributed by atoms with E-state index in [4.69, 9.17) is 0 Å². The normalized spacial score (nSPS) is 45.3. The fraction of sp³-hybridized carbons (Fsp3) is 0.933. The molecule has 10 atom stereocenters. The molecule has 0 saturated heterocycles. The largest absolute Gasteiger partial charge is 0.393 e. The lowest BCUT2D eigenvalue weighted by Gasteiger charge is -2.58. The van der Waals surface area contributed by atoms with Gasteiger partial charge in [0, 0.05) is 0 Å². The van der Waals surface area contributed by atoms with Gasteiger partial charge in [-0.2, -0.15) is 0 Å². The molecule has 1 N–H and O–H groups in total. The van der Waals surface area contributed by atoms with Gasteiger partial charge < -0.3 is 5.11 Å². The van der Waals surface area contributed by atoms with E-state index < -0.39 is 0 Å². The van der Waals surface area contributed by atoms with Gasteiger partial charge in [-0.3, -0.25) is 0 Å². The predicted octanol–water partition coefficient (Wildman–Crippen LogP) is 8.27. The third-order valence-corrected chi connectivity index (χ3v) is 11.8. The van der Waals surface area contributed by atoms with Crippen LogP contribution in [-0.4, -0.2) is 11.2 Å². The Morgan fingerprint density at radius 1 is 1.00 bits per heavy atom. The average Bonchev–Trinajstić information content (AvgIpc) is 3.08. The van der Waals surface area contributed by atoms with Crippen molar-refractivity contribution in [3.8, 4) is 0 Å². The zero-order valence-electron chi connectivity index (χ0n) is 21.8. The molecule has 4 aliphatic carbocycles. The summed E-state index contributed by atoms with van der Waals surface area (Å²) in [5.41, 5.74) is 2.56. The van der Waals surface area contributed by atoms with Crippen molar-refractivity contribution in [3.63, 3.8) is 0 Å². The number of rotatable bonds is 6. The smallest absolute Gasteiger partial charge is 0.0577 e. The highest BCUT2D eigenvalue weighted by molar-refractivity contribution is 5.25. The predicted molar refractivity (Wildman–Crippen MR) is 133 cm³/mol. The minimum absolute atomic E-state index is 0.0827. The van der Waals surface area contributed by atoms with Crippen molar-refractivity contribution < 1.29 is 5.11 Å². The van der Waals surface area contributed by atoms with E-state index in [-0.39, 0.29) is 6.10 Å². The summed E-state index contributed by atoms with van der Waals surface area (Å²) < 4.78 is 0. The van der Waals surface area contributed by atoms with Gasteiger partial charge in [0.1, 0.15) is 0 Å². The van der Waals surface area contributed by atoms with Crippen LogP contribution in [0, 0.1) is 58.2 Å². The topological polar surface area (TPSA) is 20.2 Å². The fourth-order valence-electron chi connectivity index (χ4n) is 9.54. The number of aliphatic hydroxyl groups is 1. The summed E-state index contributed by atoms with van der Waals surface area (Å²) in [6.45, 7) is 17.7. The number of hydrogen-bond acceptors (Lipinski definition) is 1. The second-order valence-corrected chi connectivity index (χ2v) is 13.4. The minimum atomic E-state index is -0.0827. The Morgan fingerprint density at radius 2 is 1.74 bits per heavy atom. The molecule has 2 unspecified atom stereocenters. The van der Waals surface area contributed by atoms with Crippen molar-refractivity contribution in [2.24, 2.45) is 58.2 Å². The van der Waals surface area contributed by atoms with Crippen molar-refractivity contribution in [2.45, 2.75) is 119 Å². The first-order valence-corrected chi connectivity index (χ1v) is 14.0. The molecule has 4 aliphatic rings. The van der Waals surface area contributed by atoms with Gasteiger partial charge in [-0.1, -0.05) is 66.5 Å². The highest BCUT2D eigenvalue weighted by Gasteiger charge is 2.59. The maximum absolute atomic E-state index is 10.3. The van der Waals surface area contributed by atoms with Crippen LogP contribution in [0.5, 0.6) is 0 Å². The van der Waals surface area contributed by atoms with Crippen LogP contribution in [0.15, 0.2) is 11.6 Å². The Kier molecular flexibility index (Phi) is 6.78. The van der Waals surface area contributed by atoms with Crippen LogP contribution < -0.4 is 0 Å². The average molecular weight is 429 g/mol. The Labute approximate surface area is 193 Å². The van der Waals surface area contributed by atoms with Crippen molar-refractivity contribution in [1.82, 2.24) is 0 Å². The van der Waals surface area contributed by atoms with E-state index in [0.717, 1.165) is 60.2 Å². The highest BCUT2D eigenvalue weighted by atomic mass is 16.3. The van der Waals surface area contributed by atoms with Crippen LogP contribution in [0.4, 0.5) is 0 Å². The van der Waals surface area contributed by atoms with Crippen LogP contribution in [0.25, 0.3) is 0 Å². The van der Waals surface area contributed by atoms with Gasteiger partial charge in [0.15, 0.2) is 0 Å². The molecule has 1 heteroatoms. The lowest BCUT2D eigenvalue weighted by molar-refractivity contribution is -0.0609. The first-order valence-electron chi connectivity index (χ1n) is 14.0. The lowest BCUT2D eigenvalue weighted by atomic mass is 9.46. The molecule has 0 radical (unpaired) electrons. The molecule has 3 fully saturated rings. The molecule has 1 nitrogen and oxygen atoms in total. The number of hydrogen-bond donors (Lipinski definition) is 1. The van der Waals surface area contributed by atoms with Crippen LogP contribution in [0.3, 0.4) is 0 Å². The maximum Gasteiger partial charge on any atom is 0.0577 e. The Hall–Kier alpha value is -0.300. The van der Waals surface area contributed by atoms with E-state index in [1.54, 1.807) is 5.57 Å². The zero-order chi connectivity index (χ0) is 22.6. The third kappa shape index (κ3) is 3.98. The van der Waals surface area contributed by atoms with Gasteiger partial charge in [0.25, 0.3) is 0 Å². The van der Waals surface area contributed by atoms with E-state index in [9.17, 15) is 5.11 Å². The third-order valence-electron chi connectivity index (χ3n) is 11.8. The number of aliphatic hydroxyl groups excluding tert-OH is 1. The van der Waals surface area contributed by atoms with Crippen LogP contribution in [-0.2, 0) is 0 Å². The van der Waals surface area contributed by atoms with Crippen LogP contribution >= 0.6 is 0 Å². The monoisotopic (exact) mass is 428 g/mol. The summed E-state index contributed by atoms with van der Waals surface area (Å²) in [7, 11) is 0. The molecule has 0 aromatic carbocycles. The number of fused-ring (bicyclic) bond motifs is 5. The molecule has 0 aromatic rings. The zero-order valence-corrected chi connectivity index (χ0v) is 21.8. The van der Waals surface area contributed by atoms with Crippen LogP contribution in [0.1, 0.15) is 113 Å². The molecule has 0 amide bonds. The van der Waals surface area contributed by atoms with E-state index >= 15 is 0 Å². The van der Waals surface area contributed by atoms with Crippen molar-refractivity contribution in [3.05, 3.63) is 11.6 Å². The summed E-state index contributed by atoms with van der Waals surface area (Å²) in [5.74, 6) is 7.03. The second-order valence-electron chi connectivity index (χ2n) is 13.4. The Bertz CT molecular complexity index is 663. The molecular formula is C30H52O. The highest BCUT2D eigenvalue weighted by Crippen LogP contribution is 2.67. The molecule has 0 bridgehead atoms. The summed E-state index contributed by atoms with van der Waals surface area (Å²) >= 11 is 0. The second kappa shape index (κ2) is 8.81. The van der Waals surface area contributed by atoms with Crippen molar-refractivity contribution in [1.29, 1.82) is 0 Å². The molecule has 0 aliphatic heterocycles. The van der Waals surface area contributed by atoms with Gasteiger partial charge in [-0.25, -0.2) is 0 Å². The molecular weight excluding hydrogens is 376 g/mol. The lowest BCUT2D eigenvalue weighted by Crippen LogP contribution is -2.51. The molecule has 178 valence electrons. The van der Waals surface area contributed by atoms with E-state index in [2.05, 4.69) is 54.5 Å². The fourth-order valence-corrected chi connectivity index (χ4v) is 9.54. The molecule has 0 aromatic heterocycles. The van der Waals surface area contributed by atoms with Gasteiger partial charge in [-0.05, 0) is 116 Å². The molecule has 4 rings (SSSR count).